The molecule has 283 valence electrons. The number of halogens is 2. The first-order chi connectivity index (χ1) is 26.1. The Morgan fingerprint density at radius 2 is 0.889 bits per heavy atom. The van der Waals surface area contributed by atoms with E-state index in [0.717, 1.165) is 12.8 Å². The van der Waals surface area contributed by atoms with Crippen molar-refractivity contribution in [3.63, 3.8) is 0 Å². The average Bonchev–Trinajstić information content (AvgIpc) is 3.47. The van der Waals surface area contributed by atoms with Crippen molar-refractivity contribution in [2.45, 2.75) is 124 Å². The number of fused-ring (bicyclic) bond motifs is 2. The van der Waals surface area contributed by atoms with E-state index >= 15 is 0 Å². The summed E-state index contributed by atoms with van der Waals surface area (Å²) in [5.41, 5.74) is 16.7. The van der Waals surface area contributed by atoms with Gasteiger partial charge in [-0.05, 0) is 0 Å². The molecule has 2 fully saturated rings. The molecule has 4 aliphatic rings. The van der Waals surface area contributed by atoms with Gasteiger partial charge in [0.1, 0.15) is 0 Å². The maximum atomic E-state index is 9.08. The Bertz CT molecular complexity index is 1880. The molecule has 54 heavy (non-hydrogen) atoms. The standard InChI is InChI=1S/2C24H27.C2H7Si.2ClH.Zr/c2*1-18-11-13-21(14-12-18)23-10-6-9-22-16-20(17-24(22)23)15-19-7-4-2-3-5-8-19;1-3-2;;;/h2*6,9-14,16-17,19H,2-5,7-8,15H2,1H3;3H,1-2H3;2*1H;/q;;;;;+2/p-2. The summed E-state index contributed by atoms with van der Waals surface area (Å²) in [5.74, 6) is -0.255. The fraction of sp³-hybridized carbons (Fsp3) is 0.440. The Hall–Kier alpha value is -1.96. The molecule has 2 unspecified atom stereocenters. The van der Waals surface area contributed by atoms with Crippen LogP contribution in [0.2, 0.25) is 13.1 Å². The Morgan fingerprint density at radius 1 is 0.519 bits per heavy atom. The van der Waals surface area contributed by atoms with E-state index in [9.17, 15) is 0 Å². The number of rotatable bonds is 9. The number of hydrogen-bond donors (Lipinski definition) is 0. The Kier molecular flexibility index (Phi) is 11.6. The molecule has 0 heterocycles. The van der Waals surface area contributed by atoms with E-state index in [0.29, 0.717) is 11.8 Å². The van der Waals surface area contributed by atoms with E-state index in [2.05, 4.69) is 124 Å². The van der Waals surface area contributed by atoms with Gasteiger partial charge >= 0.3 is 338 Å². The number of aryl methyl sites for hydroxylation is 2. The van der Waals surface area contributed by atoms with Gasteiger partial charge in [0.25, 0.3) is 0 Å². The van der Waals surface area contributed by atoms with Gasteiger partial charge in [-0.2, -0.15) is 0 Å². The molecule has 4 heteroatoms. The van der Waals surface area contributed by atoms with E-state index in [-0.39, 0.29) is 7.25 Å². The van der Waals surface area contributed by atoms with Gasteiger partial charge in [0.2, 0.25) is 0 Å². The van der Waals surface area contributed by atoms with Crippen LogP contribution in [0.3, 0.4) is 0 Å². The van der Waals surface area contributed by atoms with Gasteiger partial charge in [-0.25, -0.2) is 0 Å². The summed E-state index contributed by atoms with van der Waals surface area (Å²) >= 11 is -4.97. The average molecular weight is 852 g/mol. The second-order valence-electron chi connectivity index (χ2n) is 18.2. The van der Waals surface area contributed by atoms with Gasteiger partial charge in [0, 0.05) is 0 Å². The molecule has 0 aromatic heterocycles. The van der Waals surface area contributed by atoms with E-state index < -0.39 is 21.5 Å². The predicted molar refractivity (Wildman–Crippen MR) is 237 cm³/mol. The van der Waals surface area contributed by atoms with Crippen molar-refractivity contribution in [1.82, 2.24) is 0 Å². The van der Waals surface area contributed by atoms with Crippen LogP contribution in [-0.4, -0.2) is 5.92 Å². The molecule has 0 aliphatic heterocycles. The summed E-state index contributed by atoms with van der Waals surface area (Å²) in [5, 5.41) is 0. The topological polar surface area (TPSA) is 0 Å². The Morgan fingerprint density at radius 3 is 1.24 bits per heavy atom. The van der Waals surface area contributed by atoms with Crippen LogP contribution in [0.5, 0.6) is 0 Å². The normalized spacial score (nSPS) is 21.8. The van der Waals surface area contributed by atoms with Crippen molar-refractivity contribution >= 4 is 35.1 Å². The Balaban J connectivity index is 1.33. The fourth-order valence-corrected chi connectivity index (χ4v) is 42.6. The van der Waals surface area contributed by atoms with Crippen molar-refractivity contribution < 1.29 is 15.6 Å². The third-order valence-corrected chi connectivity index (χ3v) is 66.1. The molecule has 0 amide bonds. The molecule has 2 atom stereocenters. The molecule has 0 N–H and O–H groups in total. The quantitative estimate of drug-likeness (QED) is 0.116. The first-order valence-corrected chi connectivity index (χ1v) is 37.8. The van der Waals surface area contributed by atoms with Crippen LogP contribution in [-0.2, 0) is 15.6 Å². The molecule has 4 aromatic rings. The number of benzene rings is 4. The summed E-state index contributed by atoms with van der Waals surface area (Å²) in [6.45, 7) is 9.46. The monoisotopic (exact) mass is 849 g/mol. The van der Waals surface area contributed by atoms with Crippen molar-refractivity contribution in [2.24, 2.45) is 11.8 Å². The molecule has 4 aliphatic carbocycles. The summed E-state index contributed by atoms with van der Waals surface area (Å²) < 4.78 is 0.281. The summed E-state index contributed by atoms with van der Waals surface area (Å²) in [6, 6.07) is 32.5. The Labute approximate surface area is 335 Å². The van der Waals surface area contributed by atoms with Gasteiger partial charge in [-0.15, -0.1) is 0 Å². The van der Waals surface area contributed by atoms with E-state index in [1.807, 2.05) is 0 Å². The first-order valence-electron chi connectivity index (χ1n) is 21.5. The third kappa shape index (κ3) is 7.34. The van der Waals surface area contributed by atoms with Crippen molar-refractivity contribution in [3.05, 3.63) is 129 Å². The molecule has 4 aromatic carbocycles. The van der Waals surface area contributed by atoms with Crippen LogP contribution in [0.1, 0.15) is 131 Å². The first kappa shape index (κ1) is 38.9. The van der Waals surface area contributed by atoms with Crippen molar-refractivity contribution in [1.29, 1.82) is 0 Å². The second-order valence-corrected chi connectivity index (χ2v) is 60.7. The van der Waals surface area contributed by atoms with Crippen LogP contribution in [0.4, 0.5) is 0 Å². The zero-order chi connectivity index (χ0) is 37.5. The van der Waals surface area contributed by atoms with E-state index in [4.69, 9.17) is 17.0 Å². The zero-order valence-electron chi connectivity index (χ0n) is 33.3. The van der Waals surface area contributed by atoms with Crippen molar-refractivity contribution in [3.8, 4) is 22.3 Å². The molecule has 0 bridgehead atoms. The molecule has 0 radical (unpaired) electrons. The van der Waals surface area contributed by atoms with Gasteiger partial charge in [-0.1, -0.05) is 0 Å². The summed E-state index contributed by atoms with van der Waals surface area (Å²) in [7, 11) is 18.2. The summed E-state index contributed by atoms with van der Waals surface area (Å²) in [6.07, 6.45) is 23.8. The molecular weight excluding hydrogens is 791 g/mol. The molecule has 8 rings (SSSR count). The molecule has 0 saturated heterocycles. The SMILES string of the molecule is Cc1ccc(-c2cccc3c2C=C(CC2CCCCCC2)[CH]3[Zr]([Cl])([Cl])([CH]2C(CC3CCCCCC3)=Cc3c(-c4ccc(C)cc4)cccc32)[SiH](C)C)cc1. The predicted octanol–water partition coefficient (Wildman–Crippen LogP) is 15.9. The number of hydrogen-bond acceptors (Lipinski definition) is 0. The zero-order valence-corrected chi connectivity index (χ0v) is 38.4. The minimum absolute atomic E-state index is 0.140. The van der Waals surface area contributed by atoms with Crippen LogP contribution >= 0.6 is 17.0 Å². The molecular formula is C50H61Cl2SiZr. The van der Waals surface area contributed by atoms with Gasteiger partial charge in [0.15, 0.2) is 0 Å². The molecule has 0 nitrogen and oxygen atoms in total. The number of allylic oxidation sites excluding steroid dienone is 2. The maximum absolute atomic E-state index is 9.08. The summed E-state index contributed by atoms with van der Waals surface area (Å²) in [4.78, 5) is 0. The van der Waals surface area contributed by atoms with Gasteiger partial charge < -0.3 is 0 Å². The fourth-order valence-electron chi connectivity index (χ4n) is 11.2. The second kappa shape index (κ2) is 16.1. The van der Waals surface area contributed by atoms with Crippen LogP contribution in [0.25, 0.3) is 34.4 Å². The third-order valence-electron chi connectivity index (χ3n) is 14.2. The van der Waals surface area contributed by atoms with Gasteiger partial charge in [-0.3, -0.25) is 0 Å². The van der Waals surface area contributed by atoms with Crippen LogP contribution < -0.4 is 0 Å². The van der Waals surface area contributed by atoms with Gasteiger partial charge in [0.05, 0.1) is 0 Å². The van der Waals surface area contributed by atoms with E-state index in [1.54, 1.807) is 11.1 Å². The van der Waals surface area contributed by atoms with Crippen molar-refractivity contribution in [2.75, 3.05) is 0 Å². The molecule has 2 saturated carbocycles. The molecule has 0 spiro atoms. The minimum atomic E-state index is -4.97. The van der Waals surface area contributed by atoms with E-state index in [1.165, 1.54) is 133 Å². The van der Waals surface area contributed by atoms with Crippen LogP contribution in [0, 0.1) is 25.7 Å². The van der Waals surface area contributed by atoms with Crippen LogP contribution in [0.15, 0.2) is 96.1 Å².